The maximum absolute atomic E-state index is 10.8. The third kappa shape index (κ3) is 2.43. The Morgan fingerprint density at radius 2 is 2.00 bits per heavy atom. The van der Waals surface area contributed by atoms with Gasteiger partial charge in [0.15, 0.2) is 0 Å². The van der Waals surface area contributed by atoms with E-state index in [0.29, 0.717) is 14.5 Å². The molecule has 0 saturated carbocycles. The SMILES string of the molecule is Cc1ccc(-c2ccccc2CC(=O)O)[se]1. The molecule has 1 N–H and O–H groups in total. The van der Waals surface area contributed by atoms with Gasteiger partial charge in [-0.1, -0.05) is 0 Å². The van der Waals surface area contributed by atoms with Gasteiger partial charge in [-0.05, 0) is 0 Å². The molecule has 0 fully saturated rings. The number of carboxylic acid groups (broad SMARTS) is 1. The van der Waals surface area contributed by atoms with Crippen LogP contribution in [0.25, 0.3) is 10.0 Å². The zero-order valence-electron chi connectivity index (χ0n) is 8.93. The van der Waals surface area contributed by atoms with Gasteiger partial charge in [-0.3, -0.25) is 0 Å². The first-order valence-electron chi connectivity index (χ1n) is 5.03. The molecule has 1 aromatic heterocycles. The second-order valence-electron chi connectivity index (χ2n) is 3.64. The van der Waals surface area contributed by atoms with Gasteiger partial charge in [-0.2, -0.15) is 0 Å². The fourth-order valence-corrected chi connectivity index (χ4v) is 3.60. The van der Waals surface area contributed by atoms with Crippen LogP contribution in [0, 0.1) is 6.92 Å². The summed E-state index contributed by atoms with van der Waals surface area (Å²) in [5.74, 6) is -0.775. The third-order valence-corrected chi connectivity index (χ3v) is 4.53. The van der Waals surface area contributed by atoms with Crippen molar-refractivity contribution >= 4 is 20.5 Å². The minimum atomic E-state index is -0.775. The van der Waals surface area contributed by atoms with E-state index in [1.54, 1.807) is 0 Å². The number of hydrogen-bond donors (Lipinski definition) is 1. The van der Waals surface area contributed by atoms with Crippen molar-refractivity contribution in [2.45, 2.75) is 13.3 Å². The number of rotatable bonds is 3. The molecule has 0 aliphatic carbocycles. The Kier molecular flexibility index (Phi) is 3.28. The monoisotopic (exact) mass is 280 g/mol. The zero-order valence-corrected chi connectivity index (χ0v) is 10.6. The summed E-state index contributed by atoms with van der Waals surface area (Å²) in [6, 6.07) is 12.0. The van der Waals surface area contributed by atoms with E-state index in [4.69, 9.17) is 5.11 Å². The van der Waals surface area contributed by atoms with Crippen LogP contribution in [0.5, 0.6) is 0 Å². The molecule has 2 aromatic rings. The van der Waals surface area contributed by atoms with E-state index in [1.807, 2.05) is 24.3 Å². The molecule has 16 heavy (non-hydrogen) atoms. The summed E-state index contributed by atoms with van der Waals surface area (Å²) in [6.07, 6.45) is 0.0998. The second-order valence-corrected chi connectivity index (χ2v) is 6.34. The molecule has 0 saturated heterocycles. The molecular formula is C13H12O2Se. The van der Waals surface area contributed by atoms with Crippen molar-refractivity contribution in [2.24, 2.45) is 0 Å². The van der Waals surface area contributed by atoms with E-state index in [-0.39, 0.29) is 6.42 Å². The van der Waals surface area contributed by atoms with Crippen LogP contribution in [0.2, 0.25) is 0 Å². The van der Waals surface area contributed by atoms with Gasteiger partial charge in [0.2, 0.25) is 0 Å². The van der Waals surface area contributed by atoms with Crippen molar-refractivity contribution < 1.29 is 9.90 Å². The summed E-state index contributed by atoms with van der Waals surface area (Å²) in [6.45, 7) is 2.11. The van der Waals surface area contributed by atoms with Gasteiger partial charge in [0.05, 0.1) is 0 Å². The standard InChI is InChI=1S/C13H12O2Se/c1-9-6-7-12(16-9)11-5-3-2-4-10(11)8-13(14)15/h2-7H,8H2,1H3,(H,14,15). The van der Waals surface area contributed by atoms with Crippen molar-refractivity contribution in [3.8, 4) is 10.0 Å². The predicted molar refractivity (Wildman–Crippen MR) is 64.9 cm³/mol. The van der Waals surface area contributed by atoms with Crippen molar-refractivity contribution in [3.05, 3.63) is 46.4 Å². The molecule has 0 radical (unpaired) electrons. The average Bonchev–Trinajstić information content (AvgIpc) is 2.65. The molecular weight excluding hydrogens is 267 g/mol. The summed E-state index contributed by atoms with van der Waals surface area (Å²) in [5.41, 5.74) is 2.00. The van der Waals surface area contributed by atoms with E-state index < -0.39 is 5.97 Å². The van der Waals surface area contributed by atoms with Crippen LogP contribution in [-0.4, -0.2) is 25.6 Å². The van der Waals surface area contributed by atoms with Crippen LogP contribution >= 0.6 is 0 Å². The molecule has 0 unspecified atom stereocenters. The van der Waals surface area contributed by atoms with Crippen LogP contribution in [0.3, 0.4) is 0 Å². The van der Waals surface area contributed by atoms with Crippen LogP contribution in [0.15, 0.2) is 36.4 Å². The van der Waals surface area contributed by atoms with Gasteiger partial charge >= 0.3 is 100 Å². The molecule has 2 nitrogen and oxygen atoms in total. The molecule has 0 bridgehead atoms. The number of aryl methyl sites for hydroxylation is 1. The Bertz CT molecular complexity index is 514. The van der Waals surface area contributed by atoms with Crippen molar-refractivity contribution in [2.75, 3.05) is 0 Å². The molecule has 82 valence electrons. The Hall–Kier alpha value is -1.31. The maximum atomic E-state index is 10.8. The molecule has 0 aliphatic rings. The van der Waals surface area contributed by atoms with Crippen molar-refractivity contribution in [1.29, 1.82) is 0 Å². The normalized spacial score (nSPS) is 10.3. The molecule has 0 amide bonds. The van der Waals surface area contributed by atoms with E-state index in [1.165, 1.54) is 8.87 Å². The minimum absolute atomic E-state index is 0.0998. The second kappa shape index (κ2) is 4.69. The van der Waals surface area contributed by atoms with E-state index >= 15 is 0 Å². The number of carboxylic acids is 1. The number of hydrogen-bond acceptors (Lipinski definition) is 1. The van der Waals surface area contributed by atoms with Crippen molar-refractivity contribution in [3.63, 3.8) is 0 Å². The van der Waals surface area contributed by atoms with Crippen LogP contribution in [0.1, 0.15) is 10.0 Å². The summed E-state index contributed by atoms with van der Waals surface area (Å²) < 4.78 is 2.66. The Morgan fingerprint density at radius 1 is 1.25 bits per heavy atom. The summed E-state index contributed by atoms with van der Waals surface area (Å²) in [5, 5.41) is 8.86. The first-order valence-corrected chi connectivity index (χ1v) is 6.74. The molecule has 0 atom stereocenters. The number of carbonyl (C=O) groups is 1. The first kappa shape index (κ1) is 11.2. The van der Waals surface area contributed by atoms with Crippen LogP contribution in [-0.2, 0) is 11.2 Å². The summed E-state index contributed by atoms with van der Waals surface area (Å²) >= 11 is 0.356. The Balaban J connectivity index is 2.43. The van der Waals surface area contributed by atoms with E-state index in [2.05, 4.69) is 19.1 Å². The Labute approximate surface area is 100 Å². The van der Waals surface area contributed by atoms with E-state index in [0.717, 1.165) is 11.1 Å². The van der Waals surface area contributed by atoms with Gasteiger partial charge < -0.3 is 0 Å². The van der Waals surface area contributed by atoms with Gasteiger partial charge in [-0.25, -0.2) is 0 Å². The fraction of sp³-hybridized carbons (Fsp3) is 0.154. The predicted octanol–water partition coefficient (Wildman–Crippen LogP) is 2.35. The number of aliphatic carboxylic acids is 1. The quantitative estimate of drug-likeness (QED) is 0.876. The molecule has 3 heteroatoms. The molecule has 0 spiro atoms. The van der Waals surface area contributed by atoms with Crippen LogP contribution in [0.4, 0.5) is 0 Å². The van der Waals surface area contributed by atoms with E-state index in [9.17, 15) is 4.79 Å². The average molecular weight is 279 g/mol. The fourth-order valence-electron chi connectivity index (χ4n) is 1.66. The number of benzene rings is 1. The van der Waals surface area contributed by atoms with Crippen molar-refractivity contribution in [1.82, 2.24) is 0 Å². The van der Waals surface area contributed by atoms with Gasteiger partial charge in [-0.15, -0.1) is 0 Å². The summed E-state index contributed by atoms with van der Waals surface area (Å²) in [7, 11) is 0. The zero-order chi connectivity index (χ0) is 11.5. The molecule has 2 rings (SSSR count). The molecule has 1 heterocycles. The van der Waals surface area contributed by atoms with Gasteiger partial charge in [0.1, 0.15) is 0 Å². The first-order chi connectivity index (χ1) is 7.66. The van der Waals surface area contributed by atoms with Gasteiger partial charge in [0, 0.05) is 0 Å². The summed E-state index contributed by atoms with van der Waals surface area (Å²) in [4.78, 5) is 10.8. The topological polar surface area (TPSA) is 37.3 Å². The Morgan fingerprint density at radius 3 is 2.62 bits per heavy atom. The van der Waals surface area contributed by atoms with Crippen LogP contribution < -0.4 is 0 Å². The van der Waals surface area contributed by atoms with Gasteiger partial charge in [0.25, 0.3) is 0 Å². The molecule has 0 aliphatic heterocycles. The molecule has 1 aromatic carbocycles. The third-order valence-electron chi connectivity index (χ3n) is 2.36.